The van der Waals surface area contributed by atoms with Gasteiger partial charge in [0.05, 0.1) is 6.61 Å². The molecular weight excluding hydrogens is 194 g/mol. The molecular formula is C11H13NO3. The van der Waals surface area contributed by atoms with Crippen LogP contribution in [0.25, 0.3) is 10.9 Å². The maximum Gasteiger partial charge on any atom is 0.107 e. The summed E-state index contributed by atoms with van der Waals surface area (Å²) in [6.07, 6.45) is -0.376. The van der Waals surface area contributed by atoms with Crippen LogP contribution in [0.3, 0.4) is 0 Å². The van der Waals surface area contributed by atoms with Gasteiger partial charge < -0.3 is 20.3 Å². The number of aromatic amines is 1. The number of hydrogen-bond donors (Lipinski definition) is 4. The van der Waals surface area contributed by atoms with Gasteiger partial charge in [-0.3, -0.25) is 0 Å². The summed E-state index contributed by atoms with van der Waals surface area (Å²) in [6, 6.07) is 7.23. The van der Waals surface area contributed by atoms with Crippen LogP contribution in [0, 0.1) is 0 Å². The minimum Gasteiger partial charge on any atom is -0.394 e. The molecule has 0 bridgehead atoms. The van der Waals surface area contributed by atoms with Gasteiger partial charge in [-0.05, 0) is 29.1 Å². The standard InChI is InChI=1S/C11H13NO3/c13-6-10(14)11(15)8-1-2-9-7(5-8)3-4-12-9/h1-5,10-15H,6H2. The van der Waals surface area contributed by atoms with Crippen molar-refractivity contribution in [2.24, 2.45) is 0 Å². The molecule has 2 atom stereocenters. The summed E-state index contributed by atoms with van der Waals surface area (Å²) in [5.41, 5.74) is 1.58. The van der Waals surface area contributed by atoms with Crippen LogP contribution in [0.15, 0.2) is 30.5 Å². The molecule has 2 unspecified atom stereocenters. The number of H-pyrrole nitrogens is 1. The molecule has 0 aliphatic heterocycles. The predicted octanol–water partition coefficient (Wildman–Crippen LogP) is 0.555. The predicted molar refractivity (Wildman–Crippen MR) is 56.4 cm³/mol. The normalized spacial score (nSPS) is 15.4. The number of benzene rings is 1. The topological polar surface area (TPSA) is 76.5 Å². The van der Waals surface area contributed by atoms with Gasteiger partial charge in [-0.1, -0.05) is 6.07 Å². The van der Waals surface area contributed by atoms with Crippen molar-refractivity contribution in [3.8, 4) is 0 Å². The van der Waals surface area contributed by atoms with Gasteiger partial charge in [-0.25, -0.2) is 0 Å². The molecule has 1 aromatic carbocycles. The lowest BCUT2D eigenvalue weighted by molar-refractivity contribution is -0.0152. The summed E-state index contributed by atoms with van der Waals surface area (Å²) in [5, 5.41) is 28.7. The first kappa shape index (κ1) is 10.2. The SMILES string of the molecule is OCC(O)C(O)c1ccc2[nH]ccc2c1. The molecule has 2 rings (SSSR count). The van der Waals surface area contributed by atoms with Crippen LogP contribution >= 0.6 is 0 Å². The maximum atomic E-state index is 9.67. The second-order valence-corrected chi connectivity index (χ2v) is 3.52. The van der Waals surface area contributed by atoms with Gasteiger partial charge in [0.1, 0.15) is 12.2 Å². The van der Waals surface area contributed by atoms with E-state index in [0.717, 1.165) is 10.9 Å². The molecule has 4 heteroatoms. The van der Waals surface area contributed by atoms with Crippen molar-refractivity contribution in [1.82, 2.24) is 4.98 Å². The molecule has 2 aromatic rings. The fourth-order valence-corrected chi connectivity index (χ4v) is 1.58. The van der Waals surface area contributed by atoms with Crippen LogP contribution in [0.1, 0.15) is 11.7 Å². The summed E-state index contributed by atoms with van der Waals surface area (Å²) in [5.74, 6) is 0. The molecule has 4 N–H and O–H groups in total. The smallest absolute Gasteiger partial charge is 0.107 e. The Morgan fingerprint density at radius 3 is 2.73 bits per heavy atom. The van der Waals surface area contributed by atoms with Gasteiger partial charge in [0.25, 0.3) is 0 Å². The molecule has 4 nitrogen and oxygen atoms in total. The third kappa shape index (κ3) is 1.87. The van der Waals surface area contributed by atoms with Gasteiger partial charge in [-0.2, -0.15) is 0 Å². The quantitative estimate of drug-likeness (QED) is 0.593. The van der Waals surface area contributed by atoms with Gasteiger partial charge in [0.2, 0.25) is 0 Å². The molecule has 15 heavy (non-hydrogen) atoms. The number of aliphatic hydroxyl groups is 3. The molecule has 1 aromatic heterocycles. The first-order valence-corrected chi connectivity index (χ1v) is 4.76. The summed E-state index contributed by atoms with van der Waals surface area (Å²) < 4.78 is 0. The number of hydrogen-bond acceptors (Lipinski definition) is 3. The van der Waals surface area contributed by atoms with Crippen molar-refractivity contribution in [2.75, 3.05) is 6.61 Å². The molecule has 80 valence electrons. The Morgan fingerprint density at radius 2 is 2.00 bits per heavy atom. The number of aromatic nitrogens is 1. The Kier molecular flexibility index (Phi) is 2.73. The maximum absolute atomic E-state index is 9.67. The Balaban J connectivity index is 2.35. The highest BCUT2D eigenvalue weighted by Gasteiger charge is 2.17. The zero-order valence-corrected chi connectivity index (χ0v) is 8.09. The van der Waals surface area contributed by atoms with E-state index in [1.807, 2.05) is 18.3 Å². The molecule has 0 spiro atoms. The van der Waals surface area contributed by atoms with E-state index in [-0.39, 0.29) is 0 Å². The summed E-state index contributed by atoms with van der Waals surface area (Å²) >= 11 is 0. The third-order valence-electron chi connectivity index (χ3n) is 2.47. The molecule has 0 aliphatic carbocycles. The molecule has 0 fully saturated rings. The lowest BCUT2D eigenvalue weighted by Crippen LogP contribution is -2.21. The molecule has 0 amide bonds. The Hall–Kier alpha value is -1.36. The number of nitrogens with one attached hydrogen (secondary N) is 1. The van der Waals surface area contributed by atoms with Crippen molar-refractivity contribution in [1.29, 1.82) is 0 Å². The Bertz CT molecular complexity index is 452. The summed E-state index contributed by atoms with van der Waals surface area (Å²) in [4.78, 5) is 3.04. The van der Waals surface area contributed by atoms with Crippen molar-refractivity contribution in [3.63, 3.8) is 0 Å². The summed E-state index contributed by atoms with van der Waals surface area (Å²) in [7, 11) is 0. The van der Waals surface area contributed by atoms with Crippen molar-refractivity contribution in [3.05, 3.63) is 36.0 Å². The van der Waals surface area contributed by atoms with Gasteiger partial charge in [0.15, 0.2) is 0 Å². The molecule has 1 heterocycles. The monoisotopic (exact) mass is 207 g/mol. The van der Waals surface area contributed by atoms with Crippen molar-refractivity contribution >= 4 is 10.9 Å². The van der Waals surface area contributed by atoms with Gasteiger partial charge in [-0.15, -0.1) is 0 Å². The van der Waals surface area contributed by atoms with E-state index in [1.165, 1.54) is 0 Å². The van der Waals surface area contributed by atoms with Crippen LogP contribution in [0.2, 0.25) is 0 Å². The van der Waals surface area contributed by atoms with E-state index in [0.29, 0.717) is 5.56 Å². The van der Waals surface area contributed by atoms with E-state index in [4.69, 9.17) is 5.11 Å². The molecule has 0 radical (unpaired) electrons. The minimum atomic E-state index is -1.14. The second-order valence-electron chi connectivity index (χ2n) is 3.52. The minimum absolute atomic E-state index is 0.452. The highest BCUT2D eigenvalue weighted by Crippen LogP contribution is 2.21. The average molecular weight is 207 g/mol. The molecule has 0 aliphatic rings. The fraction of sp³-hybridized carbons (Fsp3) is 0.273. The average Bonchev–Trinajstić information content (AvgIpc) is 2.73. The van der Waals surface area contributed by atoms with Crippen LogP contribution in [-0.2, 0) is 0 Å². The first-order chi connectivity index (χ1) is 7.22. The molecule has 0 saturated heterocycles. The largest absolute Gasteiger partial charge is 0.394 e. The Labute approximate surface area is 86.8 Å². The van der Waals surface area contributed by atoms with E-state index >= 15 is 0 Å². The second kappa shape index (κ2) is 4.02. The number of fused-ring (bicyclic) bond motifs is 1. The van der Waals surface area contributed by atoms with Crippen LogP contribution in [-0.4, -0.2) is 33.0 Å². The van der Waals surface area contributed by atoms with Crippen LogP contribution in [0.4, 0.5) is 0 Å². The van der Waals surface area contributed by atoms with Crippen molar-refractivity contribution in [2.45, 2.75) is 12.2 Å². The van der Waals surface area contributed by atoms with Gasteiger partial charge in [0, 0.05) is 11.7 Å². The highest BCUT2D eigenvalue weighted by atomic mass is 16.4. The zero-order valence-electron chi connectivity index (χ0n) is 8.09. The lowest BCUT2D eigenvalue weighted by atomic mass is 10.0. The zero-order chi connectivity index (χ0) is 10.8. The Morgan fingerprint density at radius 1 is 1.20 bits per heavy atom. The number of aliphatic hydroxyl groups excluding tert-OH is 3. The van der Waals surface area contributed by atoms with Crippen LogP contribution < -0.4 is 0 Å². The fourth-order valence-electron chi connectivity index (χ4n) is 1.58. The molecule has 0 saturated carbocycles. The lowest BCUT2D eigenvalue weighted by Gasteiger charge is -2.15. The highest BCUT2D eigenvalue weighted by molar-refractivity contribution is 5.80. The van der Waals surface area contributed by atoms with E-state index in [1.54, 1.807) is 12.1 Å². The van der Waals surface area contributed by atoms with E-state index in [9.17, 15) is 10.2 Å². The van der Waals surface area contributed by atoms with Crippen LogP contribution in [0.5, 0.6) is 0 Å². The van der Waals surface area contributed by atoms with E-state index in [2.05, 4.69) is 4.98 Å². The van der Waals surface area contributed by atoms with Crippen molar-refractivity contribution < 1.29 is 15.3 Å². The first-order valence-electron chi connectivity index (χ1n) is 4.76. The summed E-state index contributed by atoms with van der Waals surface area (Å²) in [6.45, 7) is -0.452. The van der Waals surface area contributed by atoms with Gasteiger partial charge >= 0.3 is 0 Å². The number of rotatable bonds is 3. The van der Waals surface area contributed by atoms with E-state index < -0.39 is 18.8 Å². The third-order valence-corrected chi connectivity index (χ3v) is 2.47.